The van der Waals surface area contributed by atoms with Crippen LogP contribution >= 0.6 is 0 Å². The van der Waals surface area contributed by atoms with Gasteiger partial charge in [-0.2, -0.15) is 5.10 Å². The van der Waals surface area contributed by atoms with Crippen molar-refractivity contribution in [2.24, 2.45) is 0 Å². The van der Waals surface area contributed by atoms with Gasteiger partial charge in [0.1, 0.15) is 22.7 Å². The largest absolute Gasteiger partial charge is 0.494 e. The number of hydrogen-bond donors (Lipinski definition) is 1. The van der Waals surface area contributed by atoms with Crippen LogP contribution in [0.25, 0.3) is 11.5 Å². The first kappa shape index (κ1) is 24.2. The lowest BCUT2D eigenvalue weighted by Gasteiger charge is -2.44. The fourth-order valence-corrected chi connectivity index (χ4v) is 5.30. The Morgan fingerprint density at radius 2 is 1.94 bits per heavy atom. The van der Waals surface area contributed by atoms with Crippen LogP contribution in [0.2, 0.25) is 0 Å². The van der Waals surface area contributed by atoms with E-state index in [0.717, 1.165) is 37.0 Å². The SMILES string of the molecule is CCOc1ccccc1CN1C(=O)c2cc(-c3ccco3)nn2CC1(C)C(=O)NC1CCCCCC1. The lowest BCUT2D eigenvalue weighted by Crippen LogP contribution is -2.64. The van der Waals surface area contributed by atoms with Crippen LogP contribution in [-0.4, -0.2) is 44.7 Å². The summed E-state index contributed by atoms with van der Waals surface area (Å²) in [6, 6.07) is 13.2. The lowest BCUT2D eigenvalue weighted by atomic mass is 9.93. The number of fused-ring (bicyclic) bond motifs is 1. The van der Waals surface area contributed by atoms with Gasteiger partial charge in [0.15, 0.2) is 5.76 Å². The van der Waals surface area contributed by atoms with E-state index < -0.39 is 5.54 Å². The second-order valence-electron chi connectivity index (χ2n) is 9.92. The number of furan rings is 1. The molecule has 190 valence electrons. The summed E-state index contributed by atoms with van der Waals surface area (Å²) in [6.07, 6.45) is 8.15. The molecule has 1 N–H and O–H groups in total. The number of ether oxygens (including phenoxy) is 1. The van der Waals surface area contributed by atoms with Crippen LogP contribution in [0.3, 0.4) is 0 Å². The van der Waals surface area contributed by atoms with Crippen LogP contribution in [-0.2, 0) is 17.9 Å². The van der Waals surface area contributed by atoms with Crippen LogP contribution in [0.4, 0.5) is 0 Å². The van der Waals surface area contributed by atoms with Crippen molar-refractivity contribution in [1.29, 1.82) is 0 Å². The van der Waals surface area contributed by atoms with E-state index in [4.69, 9.17) is 9.15 Å². The highest BCUT2D eigenvalue weighted by atomic mass is 16.5. The highest BCUT2D eigenvalue weighted by Crippen LogP contribution is 2.33. The van der Waals surface area contributed by atoms with Gasteiger partial charge in [-0.25, -0.2) is 0 Å². The van der Waals surface area contributed by atoms with Crippen LogP contribution in [0.1, 0.15) is 68.4 Å². The second kappa shape index (κ2) is 10.2. The van der Waals surface area contributed by atoms with Gasteiger partial charge in [0.25, 0.3) is 5.91 Å². The first-order valence-electron chi connectivity index (χ1n) is 12.9. The Morgan fingerprint density at radius 1 is 1.17 bits per heavy atom. The molecular weight excluding hydrogens is 456 g/mol. The van der Waals surface area contributed by atoms with Gasteiger partial charge in [-0.1, -0.05) is 43.9 Å². The summed E-state index contributed by atoms with van der Waals surface area (Å²) < 4.78 is 13.0. The van der Waals surface area contributed by atoms with Crippen molar-refractivity contribution in [3.8, 4) is 17.2 Å². The predicted octanol–water partition coefficient (Wildman–Crippen LogP) is 4.80. The Kier molecular flexibility index (Phi) is 6.85. The number of hydrogen-bond acceptors (Lipinski definition) is 5. The van der Waals surface area contributed by atoms with Gasteiger partial charge in [0, 0.05) is 17.7 Å². The second-order valence-corrected chi connectivity index (χ2v) is 9.92. The molecule has 1 fully saturated rings. The molecule has 0 bridgehead atoms. The molecule has 5 rings (SSSR count). The van der Waals surface area contributed by atoms with Crippen molar-refractivity contribution in [3.63, 3.8) is 0 Å². The topological polar surface area (TPSA) is 89.6 Å². The molecule has 8 nitrogen and oxygen atoms in total. The highest BCUT2D eigenvalue weighted by Gasteiger charge is 2.48. The van der Waals surface area contributed by atoms with Crippen molar-refractivity contribution in [1.82, 2.24) is 20.0 Å². The summed E-state index contributed by atoms with van der Waals surface area (Å²) in [4.78, 5) is 29.5. The van der Waals surface area contributed by atoms with Gasteiger partial charge in [-0.05, 0) is 44.9 Å². The summed E-state index contributed by atoms with van der Waals surface area (Å²) in [7, 11) is 0. The zero-order chi connectivity index (χ0) is 25.1. The summed E-state index contributed by atoms with van der Waals surface area (Å²) in [5, 5.41) is 7.93. The maximum atomic E-state index is 14.0. The molecule has 1 saturated carbocycles. The van der Waals surface area contributed by atoms with E-state index in [1.54, 1.807) is 28.0 Å². The molecule has 1 aliphatic heterocycles. The molecule has 8 heteroatoms. The number of rotatable bonds is 7. The van der Waals surface area contributed by atoms with E-state index in [0.29, 0.717) is 23.8 Å². The number of carbonyl (C=O) groups excluding carboxylic acids is 2. The zero-order valence-electron chi connectivity index (χ0n) is 21.0. The third-order valence-electron chi connectivity index (χ3n) is 7.35. The molecule has 1 aliphatic carbocycles. The van der Waals surface area contributed by atoms with Crippen molar-refractivity contribution in [2.75, 3.05) is 6.61 Å². The first-order valence-corrected chi connectivity index (χ1v) is 12.9. The number of benzene rings is 1. The zero-order valence-corrected chi connectivity index (χ0v) is 21.0. The summed E-state index contributed by atoms with van der Waals surface area (Å²) in [5.74, 6) is 0.922. The number of nitrogens with zero attached hydrogens (tertiary/aromatic N) is 3. The minimum atomic E-state index is -1.12. The molecule has 1 unspecified atom stereocenters. The first-order chi connectivity index (χ1) is 17.5. The third-order valence-corrected chi connectivity index (χ3v) is 7.35. The van der Waals surface area contributed by atoms with E-state index in [1.807, 2.05) is 44.2 Å². The lowest BCUT2D eigenvalue weighted by molar-refractivity contribution is -0.134. The molecule has 36 heavy (non-hydrogen) atoms. The third kappa shape index (κ3) is 4.64. The van der Waals surface area contributed by atoms with Crippen molar-refractivity contribution >= 4 is 11.8 Å². The Labute approximate surface area is 211 Å². The monoisotopic (exact) mass is 490 g/mol. The van der Waals surface area contributed by atoms with E-state index >= 15 is 0 Å². The van der Waals surface area contributed by atoms with Crippen LogP contribution in [0.15, 0.2) is 53.1 Å². The molecule has 3 aromatic rings. The molecule has 1 aromatic carbocycles. The fourth-order valence-electron chi connectivity index (χ4n) is 5.30. The Morgan fingerprint density at radius 3 is 2.67 bits per heavy atom. The Balaban J connectivity index is 1.51. The maximum Gasteiger partial charge on any atom is 0.273 e. The van der Waals surface area contributed by atoms with Gasteiger partial charge in [-0.3, -0.25) is 14.3 Å². The van der Waals surface area contributed by atoms with Crippen molar-refractivity contribution in [3.05, 3.63) is 60.0 Å². The molecule has 1 atom stereocenters. The standard InChI is InChI=1S/C28H34N4O4/c1-3-35-24-14-9-8-11-20(24)18-31-26(33)23-17-22(25-15-10-16-36-25)30-32(23)19-28(31,2)27(34)29-21-12-6-4-5-7-13-21/h8-11,14-17,21H,3-7,12-13,18-19H2,1-2H3,(H,29,34). The van der Waals surface area contributed by atoms with Gasteiger partial charge in [-0.15, -0.1) is 0 Å². The molecule has 2 aromatic heterocycles. The molecule has 0 spiro atoms. The number of para-hydroxylation sites is 1. The number of aromatic nitrogens is 2. The van der Waals surface area contributed by atoms with E-state index in [2.05, 4.69) is 10.4 Å². The maximum absolute atomic E-state index is 14.0. The van der Waals surface area contributed by atoms with Crippen LogP contribution in [0.5, 0.6) is 5.75 Å². The summed E-state index contributed by atoms with van der Waals surface area (Å²) in [5.41, 5.74) is 0.754. The molecule has 0 radical (unpaired) electrons. The average molecular weight is 491 g/mol. The summed E-state index contributed by atoms with van der Waals surface area (Å²) >= 11 is 0. The van der Waals surface area contributed by atoms with Crippen molar-refractivity contribution in [2.45, 2.75) is 77.0 Å². The summed E-state index contributed by atoms with van der Waals surface area (Å²) in [6.45, 7) is 4.80. The smallest absolute Gasteiger partial charge is 0.273 e. The molecular formula is C28H34N4O4. The van der Waals surface area contributed by atoms with E-state index in [1.165, 1.54) is 12.8 Å². The number of nitrogens with one attached hydrogen (secondary N) is 1. The number of amides is 2. The van der Waals surface area contributed by atoms with Gasteiger partial charge >= 0.3 is 0 Å². The number of carbonyl (C=O) groups is 2. The molecule has 0 saturated heterocycles. The molecule has 3 heterocycles. The molecule has 2 aliphatic rings. The predicted molar refractivity (Wildman–Crippen MR) is 135 cm³/mol. The average Bonchev–Trinajstić information content (AvgIpc) is 3.48. The minimum absolute atomic E-state index is 0.127. The quantitative estimate of drug-likeness (QED) is 0.481. The van der Waals surface area contributed by atoms with E-state index in [-0.39, 0.29) is 30.9 Å². The van der Waals surface area contributed by atoms with Gasteiger partial charge in [0.2, 0.25) is 5.91 Å². The Bertz CT molecular complexity index is 1210. The normalized spacial score (nSPS) is 20.6. The fraction of sp³-hybridized carbons (Fsp3) is 0.464. The van der Waals surface area contributed by atoms with Gasteiger partial charge < -0.3 is 19.4 Å². The van der Waals surface area contributed by atoms with Crippen LogP contribution in [0, 0.1) is 0 Å². The van der Waals surface area contributed by atoms with Crippen molar-refractivity contribution < 1.29 is 18.7 Å². The van der Waals surface area contributed by atoms with E-state index in [9.17, 15) is 9.59 Å². The van der Waals surface area contributed by atoms with Gasteiger partial charge in [0.05, 0.1) is 26.0 Å². The Hall–Kier alpha value is -3.55. The molecule has 2 amide bonds. The highest BCUT2D eigenvalue weighted by molar-refractivity contribution is 6.00. The minimum Gasteiger partial charge on any atom is -0.494 e. The van der Waals surface area contributed by atoms with Crippen LogP contribution < -0.4 is 10.1 Å².